The molecule has 0 amide bonds. The minimum Gasteiger partial charge on any atom is -0.449 e. The van der Waals surface area contributed by atoms with Crippen molar-refractivity contribution < 1.29 is 64.3 Å². The van der Waals surface area contributed by atoms with Crippen molar-refractivity contribution in [1.29, 1.82) is 0 Å². The summed E-state index contributed by atoms with van der Waals surface area (Å²) >= 11 is 2.04. The van der Waals surface area contributed by atoms with Crippen LogP contribution in [-0.4, -0.2) is 15.1 Å². The first-order chi connectivity index (χ1) is 8.48. The Kier molecular flexibility index (Phi) is 8.68. The maximum atomic E-state index is 12.6. The van der Waals surface area contributed by atoms with Gasteiger partial charge in [0.2, 0.25) is 0 Å². The van der Waals surface area contributed by atoms with E-state index >= 15 is 0 Å². The second-order valence-corrected chi connectivity index (χ2v) is 11.6. The van der Waals surface area contributed by atoms with E-state index in [4.69, 9.17) is 0 Å². The van der Waals surface area contributed by atoms with Gasteiger partial charge in [-0.2, -0.15) is 0 Å². The Bertz CT molecular complexity index is 542. The zero-order chi connectivity index (χ0) is 14.8. The van der Waals surface area contributed by atoms with E-state index in [1.54, 1.807) is 13.0 Å². The molecule has 104 valence electrons. The van der Waals surface area contributed by atoms with Crippen LogP contribution < -0.4 is 51.4 Å². The molecule has 0 spiro atoms. The molecule has 0 nitrogen and oxygen atoms in total. The van der Waals surface area contributed by atoms with Crippen LogP contribution in [0.25, 0.3) is 0 Å². The quantitative estimate of drug-likeness (QED) is 0.378. The molecule has 0 saturated carbocycles. The Balaban J connectivity index is 0.00000361. The maximum absolute atomic E-state index is 12.6. The summed E-state index contributed by atoms with van der Waals surface area (Å²) in [4.78, 5) is 0. The second kappa shape index (κ2) is 8.18. The Morgan fingerprint density at radius 1 is 1.20 bits per heavy atom. The molecule has 0 aliphatic rings. The van der Waals surface area contributed by atoms with Crippen molar-refractivity contribution in [2.45, 2.75) is 32.9 Å². The van der Waals surface area contributed by atoms with Crippen molar-refractivity contribution in [2.75, 3.05) is 0 Å². The van der Waals surface area contributed by atoms with Crippen LogP contribution in [0.15, 0.2) is 12.1 Å². The van der Waals surface area contributed by atoms with Gasteiger partial charge in [-0.15, -0.1) is 5.54 Å². The number of rotatable bonds is 2. The molecule has 1 aromatic carbocycles. The summed E-state index contributed by atoms with van der Waals surface area (Å²) in [6.45, 7) is 3.26. The van der Waals surface area contributed by atoms with E-state index in [-0.39, 0.29) is 51.4 Å². The predicted octanol–water partition coefficient (Wildman–Crippen LogP) is 1.76. The molecule has 0 atom stereocenters. The number of halogens is 4. The summed E-state index contributed by atoms with van der Waals surface area (Å²) in [6.07, 6.45) is -0.829. The van der Waals surface area contributed by atoms with Gasteiger partial charge in [0, 0.05) is 9.13 Å². The molecule has 7 heteroatoms. The molecule has 20 heavy (non-hydrogen) atoms. The second-order valence-electron chi connectivity index (χ2n) is 5.65. The summed E-state index contributed by atoms with van der Waals surface area (Å²) in [5.41, 5.74) is 4.94. The molecule has 0 unspecified atom stereocenters. The van der Waals surface area contributed by atoms with Crippen LogP contribution in [0.5, 0.6) is 0 Å². The molecule has 0 saturated heterocycles. The summed E-state index contributed by atoms with van der Waals surface area (Å²) in [6, 6.07) is 3.46. The zero-order valence-electron chi connectivity index (χ0n) is 12.5. The minimum absolute atomic E-state index is 0. The van der Waals surface area contributed by atoms with Crippen molar-refractivity contribution in [3.63, 3.8) is 0 Å². The molecule has 0 fully saturated rings. The third-order valence-electron chi connectivity index (χ3n) is 2.50. The van der Waals surface area contributed by atoms with Crippen LogP contribution in [0.2, 0.25) is 19.6 Å². The summed E-state index contributed by atoms with van der Waals surface area (Å²) in [7, 11) is -1.53. The molecule has 0 N–H and O–H groups in total. The summed E-state index contributed by atoms with van der Waals surface area (Å²) in [5, 5.41) is 0. The van der Waals surface area contributed by atoms with Crippen LogP contribution in [0.1, 0.15) is 16.7 Å². The van der Waals surface area contributed by atoms with Gasteiger partial charge in [0.25, 0.3) is 0 Å². The molecule has 0 bridgehead atoms. The van der Waals surface area contributed by atoms with Gasteiger partial charge in [0.1, 0.15) is 8.07 Å². The van der Waals surface area contributed by atoms with Gasteiger partial charge in [-0.3, -0.25) is 0 Å². The molecule has 0 radical (unpaired) electrons. The molecule has 0 aromatic heterocycles. The van der Waals surface area contributed by atoms with Crippen molar-refractivity contribution in [3.8, 4) is 11.5 Å². The predicted molar refractivity (Wildman–Crippen MR) is 86.9 cm³/mol. The number of benzene rings is 1. The van der Waals surface area contributed by atoms with Gasteiger partial charge in [-0.25, -0.2) is 0 Å². The first kappa shape index (κ1) is 21.2. The fraction of sp³-hybridized carbons (Fsp3) is 0.385. The van der Waals surface area contributed by atoms with E-state index in [1.807, 2.05) is 28.7 Å². The average molecular weight is 434 g/mol. The molecule has 0 aliphatic carbocycles. The smallest absolute Gasteiger partial charge is 0.449 e. The van der Waals surface area contributed by atoms with Gasteiger partial charge >= 0.3 is 58.4 Å². The number of hydrogen-bond acceptors (Lipinski definition) is 0. The van der Waals surface area contributed by atoms with Crippen molar-refractivity contribution in [2.24, 2.45) is 0 Å². The van der Waals surface area contributed by atoms with E-state index in [0.29, 0.717) is 11.1 Å². The Hall–Kier alpha value is 1.22. The molecular formula is C13H16BF3IKSi. The van der Waals surface area contributed by atoms with Gasteiger partial charge < -0.3 is 12.9 Å². The number of hydrogen-bond donors (Lipinski definition) is 0. The van der Waals surface area contributed by atoms with Crippen molar-refractivity contribution in [3.05, 3.63) is 32.4 Å². The maximum Gasteiger partial charge on any atom is 1.00 e. The molecule has 0 heterocycles. The third kappa shape index (κ3) is 8.01. The van der Waals surface area contributed by atoms with Crippen LogP contribution in [-0.2, 0) is 6.32 Å². The summed E-state index contributed by atoms with van der Waals surface area (Å²) < 4.78 is 38.6. The Labute approximate surface area is 176 Å². The molecule has 1 aromatic rings. The average Bonchev–Trinajstić information content (AvgIpc) is 2.17. The first-order valence-electron chi connectivity index (χ1n) is 6.01. The molecule has 1 rings (SSSR count). The van der Waals surface area contributed by atoms with Crippen LogP contribution >= 0.6 is 22.6 Å². The van der Waals surface area contributed by atoms with Gasteiger partial charge in [-0.05, 0) is 47.2 Å². The third-order valence-corrected chi connectivity index (χ3v) is 4.00. The van der Waals surface area contributed by atoms with E-state index in [0.717, 1.165) is 9.13 Å². The van der Waals surface area contributed by atoms with E-state index in [1.165, 1.54) is 0 Å². The van der Waals surface area contributed by atoms with E-state index in [9.17, 15) is 12.9 Å². The van der Waals surface area contributed by atoms with Crippen molar-refractivity contribution in [1.82, 2.24) is 0 Å². The molecule has 0 aliphatic heterocycles. The zero-order valence-corrected chi connectivity index (χ0v) is 18.7. The SMILES string of the molecule is Cc1c(C#C[Si](C)(C)C)cc(I)cc1C[B-](F)(F)F.[K+]. The Morgan fingerprint density at radius 3 is 2.20 bits per heavy atom. The van der Waals surface area contributed by atoms with Crippen LogP contribution in [0.3, 0.4) is 0 Å². The normalized spacial score (nSPS) is 11.4. The van der Waals surface area contributed by atoms with Crippen LogP contribution in [0, 0.1) is 22.0 Å². The summed E-state index contributed by atoms with van der Waals surface area (Å²) in [5.74, 6) is 3.07. The molecular weight excluding hydrogens is 418 g/mol. The Morgan fingerprint density at radius 2 is 1.75 bits per heavy atom. The van der Waals surface area contributed by atoms with Gasteiger partial charge in [0.15, 0.2) is 0 Å². The monoisotopic (exact) mass is 434 g/mol. The fourth-order valence-electron chi connectivity index (χ4n) is 1.58. The topological polar surface area (TPSA) is 0 Å². The standard InChI is InChI=1S/C13H16BF3ISi.K/c1-10-11(5-6-19(2,3)4)7-13(18)8-12(10)9-14(15,16)17;/h7-8H,9H2,1-4H3;/q-1;+1. The van der Waals surface area contributed by atoms with E-state index in [2.05, 4.69) is 31.1 Å². The van der Waals surface area contributed by atoms with Crippen LogP contribution in [0.4, 0.5) is 12.9 Å². The minimum atomic E-state index is -4.81. The fourth-order valence-corrected chi connectivity index (χ4v) is 2.78. The van der Waals surface area contributed by atoms with Gasteiger partial charge in [0.05, 0.1) is 0 Å². The van der Waals surface area contributed by atoms with E-state index < -0.39 is 21.4 Å². The van der Waals surface area contributed by atoms with Crippen molar-refractivity contribution >= 4 is 37.6 Å². The van der Waals surface area contributed by atoms with Gasteiger partial charge in [-0.1, -0.05) is 37.4 Å². The first-order valence-corrected chi connectivity index (χ1v) is 10.6. The largest absolute Gasteiger partial charge is 1.00 e.